The van der Waals surface area contributed by atoms with Gasteiger partial charge in [0, 0.05) is 0 Å². The van der Waals surface area contributed by atoms with Gasteiger partial charge in [-0.25, -0.2) is 0 Å². The Morgan fingerprint density at radius 3 is 2.42 bits per heavy atom. The summed E-state index contributed by atoms with van der Waals surface area (Å²) in [5.74, 6) is 1.02. The maximum Gasteiger partial charge on any atom is 0.240 e. The van der Waals surface area contributed by atoms with Crippen molar-refractivity contribution in [3.8, 4) is 0 Å². The van der Waals surface area contributed by atoms with Crippen molar-refractivity contribution in [3.05, 3.63) is 36.3 Å². The van der Waals surface area contributed by atoms with E-state index in [1.807, 2.05) is 0 Å². The maximum absolute atomic E-state index is 12.7. The van der Waals surface area contributed by atoms with Gasteiger partial charge >= 0.3 is 0 Å². The average Bonchev–Trinajstić information content (AvgIpc) is 3.19. The van der Waals surface area contributed by atoms with E-state index in [2.05, 4.69) is 17.5 Å². The van der Waals surface area contributed by atoms with Crippen LogP contribution in [0.3, 0.4) is 0 Å². The number of likely N-dealkylation sites (tertiary alicyclic amines) is 1. The number of allylic oxidation sites excluding steroid dienone is 2. The topological polar surface area (TPSA) is 79.6 Å². The van der Waals surface area contributed by atoms with Crippen LogP contribution in [0.25, 0.3) is 0 Å². The van der Waals surface area contributed by atoms with Gasteiger partial charge in [-0.2, -0.15) is 0 Å². The molecule has 5 aliphatic rings. The standard InChI is InChI=1S/C18H18N2O4/c21-14(19-7-9-2-1-5-24-9)8-20-17(22)15-10-3-4-11(13-6-12(10)13)16(15)18(20)23/h1-5,10-13,15-16H,6-8H2,(H,19,21)/t10-,11+,12+,13-,15-,16+. The van der Waals surface area contributed by atoms with Gasteiger partial charge in [-0.1, -0.05) is 12.2 Å². The van der Waals surface area contributed by atoms with Crippen molar-refractivity contribution in [2.24, 2.45) is 35.5 Å². The van der Waals surface area contributed by atoms with E-state index >= 15 is 0 Å². The molecule has 1 N–H and O–H groups in total. The number of hydrogen-bond donors (Lipinski definition) is 1. The second-order valence-corrected chi connectivity index (χ2v) is 7.27. The molecular weight excluding hydrogens is 308 g/mol. The lowest BCUT2D eigenvalue weighted by molar-refractivity contribution is -0.143. The third-order valence-corrected chi connectivity index (χ3v) is 6.10. The van der Waals surface area contributed by atoms with Crippen LogP contribution in [-0.4, -0.2) is 29.2 Å². The van der Waals surface area contributed by atoms with Crippen molar-refractivity contribution in [1.82, 2.24) is 10.2 Å². The van der Waals surface area contributed by atoms with Crippen LogP contribution in [0.4, 0.5) is 0 Å². The highest BCUT2D eigenvalue weighted by molar-refractivity contribution is 6.08. The molecule has 2 bridgehead atoms. The Morgan fingerprint density at radius 2 is 1.83 bits per heavy atom. The zero-order valence-electron chi connectivity index (χ0n) is 13.1. The Kier molecular flexibility index (Phi) is 2.81. The van der Waals surface area contributed by atoms with Crippen molar-refractivity contribution < 1.29 is 18.8 Å². The zero-order valence-corrected chi connectivity index (χ0v) is 13.1. The molecule has 2 saturated carbocycles. The Labute approximate surface area is 138 Å². The molecule has 0 unspecified atom stereocenters. The van der Waals surface area contributed by atoms with Gasteiger partial charge in [0.05, 0.1) is 24.6 Å². The molecule has 0 radical (unpaired) electrons. The molecule has 3 amide bonds. The number of carbonyl (C=O) groups excluding carboxylic acids is 3. The van der Waals surface area contributed by atoms with E-state index in [0.717, 1.165) is 6.42 Å². The second-order valence-electron chi connectivity index (χ2n) is 7.27. The number of nitrogens with zero attached hydrogens (tertiary/aromatic N) is 1. The van der Waals surface area contributed by atoms with Gasteiger partial charge in [0.1, 0.15) is 12.3 Å². The van der Waals surface area contributed by atoms with Crippen LogP contribution in [0.5, 0.6) is 0 Å². The van der Waals surface area contributed by atoms with Crippen molar-refractivity contribution in [2.75, 3.05) is 6.54 Å². The minimum atomic E-state index is -0.336. The highest BCUT2D eigenvalue weighted by atomic mass is 16.3. The molecular formula is C18H18N2O4. The Bertz CT molecular complexity index is 717. The van der Waals surface area contributed by atoms with Crippen LogP contribution in [0, 0.1) is 35.5 Å². The number of imide groups is 1. The van der Waals surface area contributed by atoms with E-state index in [0.29, 0.717) is 17.6 Å². The van der Waals surface area contributed by atoms with E-state index in [-0.39, 0.29) is 54.5 Å². The van der Waals surface area contributed by atoms with Gasteiger partial charge in [0.15, 0.2) is 0 Å². The van der Waals surface area contributed by atoms with E-state index in [9.17, 15) is 14.4 Å². The molecule has 1 aliphatic heterocycles. The molecule has 124 valence electrons. The summed E-state index contributed by atoms with van der Waals surface area (Å²) in [6.45, 7) is 0.0615. The quantitative estimate of drug-likeness (QED) is 0.660. The van der Waals surface area contributed by atoms with Crippen molar-refractivity contribution in [1.29, 1.82) is 0 Å². The number of amides is 3. The zero-order chi connectivity index (χ0) is 16.4. The molecule has 4 aliphatic carbocycles. The van der Waals surface area contributed by atoms with Crippen LogP contribution in [-0.2, 0) is 20.9 Å². The first kappa shape index (κ1) is 14.0. The molecule has 2 heterocycles. The molecule has 1 saturated heterocycles. The minimum Gasteiger partial charge on any atom is -0.467 e. The van der Waals surface area contributed by atoms with Gasteiger partial charge in [-0.3, -0.25) is 19.3 Å². The van der Waals surface area contributed by atoms with E-state index < -0.39 is 0 Å². The van der Waals surface area contributed by atoms with Gasteiger partial charge in [0.25, 0.3) is 0 Å². The van der Waals surface area contributed by atoms with Crippen molar-refractivity contribution in [3.63, 3.8) is 0 Å². The molecule has 1 aromatic heterocycles. The summed E-state index contributed by atoms with van der Waals surface area (Å²) in [6, 6.07) is 3.50. The van der Waals surface area contributed by atoms with E-state index in [1.165, 1.54) is 11.2 Å². The summed E-state index contributed by atoms with van der Waals surface area (Å²) in [4.78, 5) is 38.8. The van der Waals surface area contributed by atoms with Crippen molar-refractivity contribution >= 4 is 17.7 Å². The van der Waals surface area contributed by atoms with Gasteiger partial charge in [0.2, 0.25) is 17.7 Å². The number of rotatable bonds is 4. The molecule has 3 fully saturated rings. The minimum absolute atomic E-state index is 0.164. The van der Waals surface area contributed by atoms with Crippen LogP contribution in [0.1, 0.15) is 12.2 Å². The lowest BCUT2D eigenvalue weighted by Gasteiger charge is -2.37. The molecule has 1 aromatic rings. The Balaban J connectivity index is 1.29. The largest absolute Gasteiger partial charge is 0.467 e. The van der Waals surface area contributed by atoms with Gasteiger partial charge in [-0.15, -0.1) is 0 Å². The SMILES string of the molecule is O=C(CN1C(=O)[C@@H]2[C@@H]3C=C[C@@H]([C@H]4C[C@@H]34)[C@@H]2C1=O)NCc1ccco1. The maximum atomic E-state index is 12.7. The van der Waals surface area contributed by atoms with Crippen molar-refractivity contribution in [2.45, 2.75) is 13.0 Å². The third-order valence-electron chi connectivity index (χ3n) is 6.10. The first-order chi connectivity index (χ1) is 11.6. The highest BCUT2D eigenvalue weighted by Crippen LogP contribution is 2.65. The molecule has 24 heavy (non-hydrogen) atoms. The van der Waals surface area contributed by atoms with Crippen LogP contribution >= 0.6 is 0 Å². The fourth-order valence-electron chi connectivity index (χ4n) is 4.97. The molecule has 0 aromatic carbocycles. The molecule has 6 heteroatoms. The second kappa shape index (κ2) is 4.82. The summed E-state index contributed by atoms with van der Waals surface area (Å²) < 4.78 is 5.16. The van der Waals surface area contributed by atoms with E-state index in [4.69, 9.17) is 4.42 Å². The van der Waals surface area contributed by atoms with Gasteiger partial charge in [-0.05, 0) is 42.2 Å². The fourth-order valence-corrected chi connectivity index (χ4v) is 4.97. The summed E-state index contributed by atoms with van der Waals surface area (Å²) >= 11 is 0. The average molecular weight is 326 g/mol. The molecule has 0 spiro atoms. The first-order valence-electron chi connectivity index (χ1n) is 8.48. The number of carbonyl (C=O) groups is 3. The first-order valence-corrected chi connectivity index (χ1v) is 8.48. The predicted molar refractivity (Wildman–Crippen MR) is 82.0 cm³/mol. The van der Waals surface area contributed by atoms with Crippen LogP contribution < -0.4 is 5.32 Å². The predicted octanol–water partition coefficient (Wildman–Crippen LogP) is 0.949. The lowest BCUT2D eigenvalue weighted by Crippen LogP contribution is -2.41. The third kappa shape index (κ3) is 1.85. The van der Waals surface area contributed by atoms with E-state index in [1.54, 1.807) is 12.1 Å². The summed E-state index contributed by atoms with van der Waals surface area (Å²) in [7, 11) is 0. The van der Waals surface area contributed by atoms with Gasteiger partial charge < -0.3 is 9.73 Å². The highest BCUT2D eigenvalue weighted by Gasteiger charge is 2.67. The fraction of sp³-hybridized carbons (Fsp3) is 0.500. The molecule has 6 atom stereocenters. The normalized spacial score (nSPS) is 38.2. The summed E-state index contributed by atoms with van der Waals surface area (Å²) in [5, 5.41) is 2.70. The molecule has 6 nitrogen and oxygen atoms in total. The monoisotopic (exact) mass is 326 g/mol. The number of furan rings is 1. The van der Waals surface area contributed by atoms with Crippen LogP contribution in [0.2, 0.25) is 0 Å². The number of hydrogen-bond acceptors (Lipinski definition) is 4. The Morgan fingerprint density at radius 1 is 1.17 bits per heavy atom. The summed E-state index contributed by atoms with van der Waals surface area (Å²) in [5.41, 5.74) is 0. The summed E-state index contributed by atoms with van der Waals surface area (Å²) in [6.07, 6.45) is 6.94. The molecule has 6 rings (SSSR count). The number of nitrogens with one attached hydrogen (secondary N) is 1. The lowest BCUT2D eigenvalue weighted by atomic mass is 9.63. The Hall–Kier alpha value is -2.37. The smallest absolute Gasteiger partial charge is 0.240 e. The van der Waals surface area contributed by atoms with Crippen LogP contribution in [0.15, 0.2) is 35.0 Å².